The Kier molecular flexibility index (Phi) is 6.10. The van der Waals surface area contributed by atoms with E-state index in [2.05, 4.69) is 12.2 Å². The minimum atomic E-state index is -0.734. The maximum absolute atomic E-state index is 12.1. The molecular weight excluding hydrogens is 294 g/mol. The molecule has 1 fully saturated rings. The largest absolute Gasteiger partial charge is 0.501 e. The number of nitrogens with one attached hydrogen (secondary N) is 1. The summed E-state index contributed by atoms with van der Waals surface area (Å²) in [6, 6.07) is -0.0922. The third-order valence-corrected chi connectivity index (χ3v) is 4.99. The van der Waals surface area contributed by atoms with Crippen LogP contribution in [0.15, 0.2) is 23.2 Å². The van der Waals surface area contributed by atoms with Crippen molar-refractivity contribution in [2.75, 3.05) is 14.2 Å². The van der Waals surface area contributed by atoms with Gasteiger partial charge in [0, 0.05) is 24.0 Å². The van der Waals surface area contributed by atoms with Gasteiger partial charge in [-0.1, -0.05) is 26.7 Å². The minimum Gasteiger partial charge on any atom is -0.501 e. The van der Waals surface area contributed by atoms with E-state index in [-0.39, 0.29) is 17.9 Å². The second-order valence-electron chi connectivity index (χ2n) is 6.41. The maximum atomic E-state index is 12.1. The van der Waals surface area contributed by atoms with Gasteiger partial charge in [0.1, 0.15) is 11.5 Å². The van der Waals surface area contributed by atoms with E-state index in [0.29, 0.717) is 0 Å². The number of rotatable bonds is 6. The molecule has 4 atom stereocenters. The van der Waals surface area contributed by atoms with Crippen molar-refractivity contribution in [3.05, 3.63) is 23.2 Å². The van der Waals surface area contributed by atoms with Gasteiger partial charge in [0.05, 0.1) is 26.2 Å². The van der Waals surface area contributed by atoms with E-state index in [0.717, 1.165) is 49.2 Å². The van der Waals surface area contributed by atoms with Gasteiger partial charge in [-0.2, -0.15) is 0 Å². The van der Waals surface area contributed by atoms with Crippen LogP contribution in [0.5, 0.6) is 0 Å². The number of carbonyl (C=O) groups is 1. The van der Waals surface area contributed by atoms with Crippen molar-refractivity contribution in [1.29, 1.82) is 0 Å². The Morgan fingerprint density at radius 1 is 1.35 bits per heavy atom. The Labute approximate surface area is 138 Å². The van der Waals surface area contributed by atoms with Crippen LogP contribution in [0.4, 0.5) is 0 Å². The molecule has 23 heavy (non-hydrogen) atoms. The Bertz CT molecular complexity index is 497. The normalized spacial score (nSPS) is 31.5. The van der Waals surface area contributed by atoms with Crippen LogP contribution in [0.2, 0.25) is 0 Å². The van der Waals surface area contributed by atoms with Crippen molar-refractivity contribution in [3.63, 3.8) is 0 Å². The Morgan fingerprint density at radius 2 is 2.09 bits per heavy atom. The fourth-order valence-electron chi connectivity index (χ4n) is 3.63. The molecule has 0 aromatic rings. The highest BCUT2D eigenvalue weighted by Gasteiger charge is 2.45. The molecule has 0 aromatic heterocycles. The fraction of sp³-hybridized carbons (Fsp3) is 0.722. The standard InChI is InChI=1S/C18H29NO4/c1-5-6-8-12-15(17(20)11(2)18(21)19-12)16-13(22-3)9-7-10-14(16)23-4/h9,11-12,15,17,20H,5-8,10H2,1-4H3,(H,19,21). The first-order valence-corrected chi connectivity index (χ1v) is 8.55. The molecule has 1 aliphatic heterocycles. The molecule has 5 heteroatoms. The molecule has 0 radical (unpaired) electrons. The van der Waals surface area contributed by atoms with E-state index in [1.807, 2.05) is 6.08 Å². The zero-order valence-corrected chi connectivity index (χ0v) is 14.6. The van der Waals surface area contributed by atoms with Crippen molar-refractivity contribution < 1.29 is 19.4 Å². The molecule has 0 saturated carbocycles. The van der Waals surface area contributed by atoms with Gasteiger partial charge in [-0.05, 0) is 18.9 Å². The Morgan fingerprint density at radius 3 is 2.70 bits per heavy atom. The van der Waals surface area contributed by atoms with Gasteiger partial charge in [-0.25, -0.2) is 0 Å². The first kappa shape index (κ1) is 17.9. The zero-order chi connectivity index (χ0) is 17.0. The summed E-state index contributed by atoms with van der Waals surface area (Å²) >= 11 is 0. The van der Waals surface area contributed by atoms with Gasteiger partial charge in [0.15, 0.2) is 0 Å². The molecule has 4 unspecified atom stereocenters. The first-order chi connectivity index (χ1) is 11.0. The van der Waals surface area contributed by atoms with Crippen LogP contribution in [0, 0.1) is 11.8 Å². The van der Waals surface area contributed by atoms with Gasteiger partial charge in [-0.15, -0.1) is 0 Å². The average Bonchev–Trinajstić information content (AvgIpc) is 2.57. The molecule has 130 valence electrons. The lowest BCUT2D eigenvalue weighted by atomic mass is 9.73. The van der Waals surface area contributed by atoms with E-state index in [9.17, 15) is 9.90 Å². The lowest BCUT2D eigenvalue weighted by Crippen LogP contribution is -2.57. The molecule has 1 saturated heterocycles. The number of carbonyl (C=O) groups excluding carboxylic acids is 1. The monoisotopic (exact) mass is 323 g/mol. The first-order valence-electron chi connectivity index (χ1n) is 8.55. The molecule has 0 aromatic carbocycles. The van der Waals surface area contributed by atoms with Gasteiger partial charge in [0.25, 0.3) is 0 Å². The topological polar surface area (TPSA) is 67.8 Å². The van der Waals surface area contributed by atoms with E-state index in [4.69, 9.17) is 9.47 Å². The molecule has 5 nitrogen and oxygen atoms in total. The van der Waals surface area contributed by atoms with Crippen molar-refractivity contribution in [2.45, 2.75) is 58.1 Å². The number of piperidine rings is 1. The second kappa shape index (κ2) is 7.86. The van der Waals surface area contributed by atoms with Crippen molar-refractivity contribution in [1.82, 2.24) is 5.32 Å². The number of hydrogen-bond acceptors (Lipinski definition) is 4. The van der Waals surface area contributed by atoms with Crippen LogP contribution in [0.3, 0.4) is 0 Å². The van der Waals surface area contributed by atoms with Crippen LogP contribution in [-0.4, -0.2) is 37.4 Å². The third kappa shape index (κ3) is 3.55. The Hall–Kier alpha value is -1.49. The van der Waals surface area contributed by atoms with E-state index < -0.39 is 12.0 Å². The van der Waals surface area contributed by atoms with Crippen molar-refractivity contribution >= 4 is 5.91 Å². The van der Waals surface area contributed by atoms with Gasteiger partial charge in [-0.3, -0.25) is 4.79 Å². The summed E-state index contributed by atoms with van der Waals surface area (Å²) in [6.07, 6.45) is 5.86. The summed E-state index contributed by atoms with van der Waals surface area (Å²) < 4.78 is 11.1. The number of amides is 1. The van der Waals surface area contributed by atoms with Crippen LogP contribution >= 0.6 is 0 Å². The lowest BCUT2D eigenvalue weighted by molar-refractivity contribution is -0.135. The zero-order valence-electron chi connectivity index (χ0n) is 14.6. The molecule has 0 bridgehead atoms. The highest BCUT2D eigenvalue weighted by Crippen LogP contribution is 2.39. The number of ether oxygens (including phenoxy) is 2. The van der Waals surface area contributed by atoms with Gasteiger partial charge in [0.2, 0.25) is 5.91 Å². The molecule has 2 rings (SSSR count). The fourth-order valence-corrected chi connectivity index (χ4v) is 3.63. The SMILES string of the molecule is CCCCC1NC(=O)C(C)C(O)C1C1=C(OC)CCC=C1OC. The molecule has 1 heterocycles. The second-order valence-corrected chi connectivity index (χ2v) is 6.41. The molecule has 1 amide bonds. The summed E-state index contributed by atoms with van der Waals surface area (Å²) in [5.41, 5.74) is 0.918. The van der Waals surface area contributed by atoms with Crippen molar-refractivity contribution in [3.8, 4) is 0 Å². The van der Waals surface area contributed by atoms with Crippen LogP contribution < -0.4 is 5.32 Å². The predicted molar refractivity (Wildman–Crippen MR) is 88.5 cm³/mol. The summed E-state index contributed by atoms with van der Waals surface area (Å²) in [7, 11) is 3.30. The quantitative estimate of drug-likeness (QED) is 0.788. The maximum Gasteiger partial charge on any atom is 0.225 e. The highest BCUT2D eigenvalue weighted by molar-refractivity contribution is 5.80. The number of allylic oxidation sites excluding steroid dienone is 3. The summed E-state index contributed by atoms with van der Waals surface area (Å²) in [6.45, 7) is 3.90. The Balaban J connectivity index is 2.42. The van der Waals surface area contributed by atoms with Crippen LogP contribution in [-0.2, 0) is 14.3 Å². The highest BCUT2D eigenvalue weighted by atomic mass is 16.5. The van der Waals surface area contributed by atoms with Gasteiger partial charge >= 0.3 is 0 Å². The number of unbranched alkanes of at least 4 members (excludes halogenated alkanes) is 1. The summed E-state index contributed by atoms with van der Waals surface area (Å²) in [4.78, 5) is 12.1. The van der Waals surface area contributed by atoms with Crippen molar-refractivity contribution in [2.24, 2.45) is 11.8 Å². The molecule has 2 aliphatic rings. The summed E-state index contributed by atoms with van der Waals surface area (Å²) in [5, 5.41) is 13.9. The molecule has 2 N–H and O–H groups in total. The van der Waals surface area contributed by atoms with Crippen LogP contribution in [0.1, 0.15) is 46.0 Å². The average molecular weight is 323 g/mol. The van der Waals surface area contributed by atoms with Gasteiger partial charge < -0.3 is 19.9 Å². The lowest BCUT2D eigenvalue weighted by Gasteiger charge is -2.42. The number of hydrogen-bond donors (Lipinski definition) is 2. The smallest absolute Gasteiger partial charge is 0.225 e. The molecule has 1 aliphatic carbocycles. The summed E-state index contributed by atoms with van der Waals surface area (Å²) in [5.74, 6) is 0.910. The minimum absolute atomic E-state index is 0.0758. The van der Waals surface area contributed by atoms with E-state index >= 15 is 0 Å². The number of methoxy groups -OCH3 is 2. The number of aliphatic hydroxyl groups is 1. The third-order valence-electron chi connectivity index (χ3n) is 4.99. The molecular formula is C18H29NO4. The molecule has 0 spiro atoms. The van der Waals surface area contributed by atoms with Crippen LogP contribution in [0.25, 0.3) is 0 Å². The van der Waals surface area contributed by atoms with E-state index in [1.54, 1.807) is 21.1 Å². The number of aliphatic hydroxyl groups excluding tert-OH is 1. The van der Waals surface area contributed by atoms with E-state index in [1.165, 1.54) is 0 Å². The predicted octanol–water partition coefficient (Wildman–Crippen LogP) is 2.51.